The summed E-state index contributed by atoms with van der Waals surface area (Å²) in [6.07, 6.45) is 7.15. The number of aromatic nitrogens is 4. The van der Waals surface area contributed by atoms with Crippen LogP contribution in [0.25, 0.3) is 23.1 Å². The summed E-state index contributed by atoms with van der Waals surface area (Å²) in [5, 5.41) is 0.578. The summed E-state index contributed by atoms with van der Waals surface area (Å²) >= 11 is 0. The second-order valence-corrected chi connectivity index (χ2v) is 6.63. The van der Waals surface area contributed by atoms with E-state index in [0.29, 0.717) is 29.0 Å². The van der Waals surface area contributed by atoms with Crippen molar-refractivity contribution in [1.29, 1.82) is 0 Å². The van der Waals surface area contributed by atoms with Crippen LogP contribution in [0.2, 0.25) is 0 Å². The van der Waals surface area contributed by atoms with E-state index in [-0.39, 0.29) is 5.56 Å². The summed E-state index contributed by atoms with van der Waals surface area (Å²) in [4.78, 5) is 26.5. The Labute approximate surface area is 168 Å². The molecule has 0 atom stereocenters. The molecule has 0 spiro atoms. The van der Waals surface area contributed by atoms with E-state index in [0.717, 1.165) is 17.0 Å². The van der Waals surface area contributed by atoms with Gasteiger partial charge in [0.2, 0.25) is 0 Å². The van der Waals surface area contributed by atoms with E-state index in [4.69, 9.17) is 9.72 Å². The molecule has 2 heterocycles. The number of methoxy groups -OCH3 is 1. The van der Waals surface area contributed by atoms with E-state index in [2.05, 4.69) is 9.97 Å². The minimum absolute atomic E-state index is 0.104. The maximum Gasteiger partial charge on any atom is 0.261 e. The fourth-order valence-corrected chi connectivity index (χ4v) is 3.01. The predicted molar refractivity (Wildman–Crippen MR) is 114 cm³/mol. The molecule has 0 bridgehead atoms. The van der Waals surface area contributed by atoms with Gasteiger partial charge in [0.15, 0.2) is 0 Å². The fraction of sp³-hybridized carbons (Fsp3) is 0.130. The van der Waals surface area contributed by atoms with Crippen molar-refractivity contribution in [3.63, 3.8) is 0 Å². The van der Waals surface area contributed by atoms with Gasteiger partial charge in [-0.15, -0.1) is 0 Å². The maximum atomic E-state index is 13.1. The van der Waals surface area contributed by atoms with Crippen LogP contribution in [0.5, 0.6) is 5.75 Å². The second-order valence-electron chi connectivity index (χ2n) is 6.63. The van der Waals surface area contributed by atoms with Crippen molar-refractivity contribution in [3.8, 4) is 5.75 Å². The summed E-state index contributed by atoms with van der Waals surface area (Å²) in [6.45, 7) is 2.18. The number of ether oxygens (including phenoxy) is 1. The lowest BCUT2D eigenvalue weighted by Gasteiger charge is -2.11. The SMILES string of the molecule is COc1ccc(/C=C/c2nc3ccccc3c(=O)n2Cc2cnc(C)cn2)cc1. The molecule has 4 aromatic rings. The fourth-order valence-electron chi connectivity index (χ4n) is 3.01. The van der Waals surface area contributed by atoms with E-state index >= 15 is 0 Å². The van der Waals surface area contributed by atoms with E-state index in [1.54, 1.807) is 30.1 Å². The Bertz CT molecular complexity index is 1230. The normalized spacial score (nSPS) is 11.2. The number of benzene rings is 2. The lowest BCUT2D eigenvalue weighted by atomic mass is 10.2. The number of fused-ring (bicyclic) bond motifs is 1. The Kier molecular flexibility index (Phi) is 5.16. The number of rotatable bonds is 5. The molecule has 0 aliphatic rings. The summed E-state index contributed by atoms with van der Waals surface area (Å²) in [5.74, 6) is 1.35. The Morgan fingerprint density at radius 2 is 1.79 bits per heavy atom. The average Bonchev–Trinajstić information content (AvgIpc) is 2.76. The topological polar surface area (TPSA) is 69.9 Å². The smallest absolute Gasteiger partial charge is 0.261 e. The highest BCUT2D eigenvalue weighted by molar-refractivity contribution is 5.79. The molecule has 0 N–H and O–H groups in total. The van der Waals surface area contributed by atoms with Crippen LogP contribution in [0.1, 0.15) is 22.8 Å². The van der Waals surface area contributed by atoms with Crippen LogP contribution in [0, 0.1) is 6.92 Å². The van der Waals surface area contributed by atoms with Crippen molar-refractivity contribution in [3.05, 3.63) is 94.1 Å². The van der Waals surface area contributed by atoms with Crippen molar-refractivity contribution < 1.29 is 4.74 Å². The highest BCUT2D eigenvalue weighted by atomic mass is 16.5. The predicted octanol–water partition coefficient (Wildman–Crippen LogP) is 3.72. The summed E-state index contributed by atoms with van der Waals surface area (Å²) in [5.41, 5.74) is 3.08. The first-order valence-electron chi connectivity index (χ1n) is 9.23. The van der Waals surface area contributed by atoms with Gasteiger partial charge in [-0.3, -0.25) is 19.3 Å². The monoisotopic (exact) mass is 384 g/mol. The van der Waals surface area contributed by atoms with Gasteiger partial charge in [-0.05, 0) is 42.8 Å². The highest BCUT2D eigenvalue weighted by Gasteiger charge is 2.10. The maximum absolute atomic E-state index is 13.1. The summed E-state index contributed by atoms with van der Waals surface area (Å²) in [6, 6.07) is 15.0. The number of nitrogens with zero attached hydrogens (tertiary/aromatic N) is 4. The lowest BCUT2D eigenvalue weighted by molar-refractivity contribution is 0.415. The van der Waals surface area contributed by atoms with E-state index in [1.165, 1.54) is 0 Å². The van der Waals surface area contributed by atoms with E-state index < -0.39 is 0 Å². The van der Waals surface area contributed by atoms with Gasteiger partial charge in [0.05, 0.1) is 42.1 Å². The standard InChI is InChI=1S/C23H20N4O2/c1-16-13-25-18(14-24-16)15-27-22(12-9-17-7-10-19(29-2)11-8-17)26-21-6-4-3-5-20(21)23(27)28/h3-14H,15H2,1-2H3/b12-9+. The molecule has 0 aliphatic carbocycles. The summed E-state index contributed by atoms with van der Waals surface area (Å²) < 4.78 is 6.82. The first kappa shape index (κ1) is 18.6. The van der Waals surface area contributed by atoms with Gasteiger partial charge in [-0.1, -0.05) is 30.3 Å². The molecule has 0 fully saturated rings. The van der Waals surface area contributed by atoms with E-state index in [1.807, 2.05) is 61.5 Å². The average molecular weight is 384 g/mol. The molecule has 2 aromatic carbocycles. The van der Waals surface area contributed by atoms with E-state index in [9.17, 15) is 4.79 Å². The molecule has 0 aliphatic heterocycles. The summed E-state index contributed by atoms with van der Waals surface area (Å²) in [7, 11) is 1.64. The van der Waals surface area contributed by atoms with Crippen LogP contribution in [-0.4, -0.2) is 26.6 Å². The van der Waals surface area contributed by atoms with Gasteiger partial charge in [-0.2, -0.15) is 0 Å². The molecule has 0 amide bonds. The van der Waals surface area contributed by atoms with Gasteiger partial charge in [0.25, 0.3) is 5.56 Å². The molecule has 4 rings (SSSR count). The molecule has 6 nitrogen and oxygen atoms in total. The van der Waals surface area contributed by atoms with Crippen LogP contribution < -0.4 is 10.3 Å². The molecule has 0 saturated heterocycles. The Morgan fingerprint density at radius 3 is 2.52 bits per heavy atom. The molecule has 0 unspecified atom stereocenters. The number of hydrogen-bond donors (Lipinski definition) is 0. The largest absolute Gasteiger partial charge is 0.497 e. The van der Waals surface area contributed by atoms with Crippen molar-refractivity contribution in [1.82, 2.24) is 19.5 Å². The van der Waals surface area contributed by atoms with Crippen molar-refractivity contribution in [2.75, 3.05) is 7.11 Å². The van der Waals surface area contributed by atoms with Crippen LogP contribution in [0.15, 0.2) is 65.7 Å². The van der Waals surface area contributed by atoms with Crippen LogP contribution in [-0.2, 0) is 6.54 Å². The third kappa shape index (κ3) is 4.06. The number of aryl methyl sites for hydroxylation is 1. The third-order valence-corrected chi connectivity index (χ3v) is 4.59. The van der Waals surface area contributed by atoms with Crippen molar-refractivity contribution in [2.45, 2.75) is 13.5 Å². The van der Waals surface area contributed by atoms with Crippen molar-refractivity contribution in [2.24, 2.45) is 0 Å². The molecule has 6 heteroatoms. The van der Waals surface area contributed by atoms with Gasteiger partial charge >= 0.3 is 0 Å². The molecule has 29 heavy (non-hydrogen) atoms. The molecule has 2 aromatic heterocycles. The minimum Gasteiger partial charge on any atom is -0.497 e. The number of para-hydroxylation sites is 1. The van der Waals surface area contributed by atoms with Crippen LogP contribution in [0.3, 0.4) is 0 Å². The first-order valence-corrected chi connectivity index (χ1v) is 9.23. The Hall–Kier alpha value is -3.80. The quantitative estimate of drug-likeness (QED) is 0.524. The van der Waals surface area contributed by atoms with Crippen LogP contribution in [0.4, 0.5) is 0 Å². The first-order chi connectivity index (χ1) is 14.1. The van der Waals surface area contributed by atoms with Gasteiger partial charge < -0.3 is 4.74 Å². The molecule has 144 valence electrons. The third-order valence-electron chi connectivity index (χ3n) is 4.59. The zero-order valence-electron chi connectivity index (χ0n) is 16.2. The Morgan fingerprint density at radius 1 is 1.00 bits per heavy atom. The van der Waals surface area contributed by atoms with Crippen molar-refractivity contribution >= 4 is 23.1 Å². The van der Waals surface area contributed by atoms with Gasteiger partial charge in [0.1, 0.15) is 11.6 Å². The van der Waals surface area contributed by atoms with Gasteiger partial charge in [-0.25, -0.2) is 4.98 Å². The second kappa shape index (κ2) is 8.06. The minimum atomic E-state index is -0.104. The molecular formula is C23H20N4O2. The highest BCUT2D eigenvalue weighted by Crippen LogP contribution is 2.15. The van der Waals surface area contributed by atoms with Gasteiger partial charge in [0, 0.05) is 6.20 Å². The van der Waals surface area contributed by atoms with Crippen LogP contribution >= 0.6 is 0 Å². The zero-order valence-corrected chi connectivity index (χ0v) is 16.2. The lowest BCUT2D eigenvalue weighted by Crippen LogP contribution is -2.25. The molecular weight excluding hydrogens is 364 g/mol. The molecule has 0 saturated carbocycles. The number of hydrogen-bond acceptors (Lipinski definition) is 5. The molecule has 0 radical (unpaired) electrons. The Balaban J connectivity index is 1.78. The zero-order chi connectivity index (χ0) is 20.2.